The highest BCUT2D eigenvalue weighted by atomic mass is 16.5. The highest BCUT2D eigenvalue weighted by Gasteiger charge is 2.21. The number of nitrogen functional groups attached to an aromatic ring is 1. The lowest BCUT2D eigenvalue weighted by molar-refractivity contribution is -0.136. The van der Waals surface area contributed by atoms with E-state index in [4.69, 9.17) is 15.6 Å². The lowest BCUT2D eigenvalue weighted by Gasteiger charge is -2.27. The van der Waals surface area contributed by atoms with Gasteiger partial charge in [0.15, 0.2) is 0 Å². The molecule has 1 aliphatic heterocycles. The quantitative estimate of drug-likeness (QED) is 0.296. The Morgan fingerprint density at radius 2 is 1.84 bits per heavy atom. The molecule has 8 nitrogen and oxygen atoms in total. The van der Waals surface area contributed by atoms with Crippen LogP contribution in [0.1, 0.15) is 11.3 Å². The number of rotatable bonds is 8. The molecule has 1 saturated heterocycles. The first kappa shape index (κ1) is 23.0. The molecule has 0 atom stereocenters. The van der Waals surface area contributed by atoms with Gasteiger partial charge in [0.05, 0.1) is 11.9 Å². The van der Waals surface area contributed by atoms with Crippen LogP contribution in [0.2, 0.25) is 0 Å². The molecule has 6 rings (SSSR count). The molecule has 2 aromatic heterocycles. The number of para-hydroxylation sites is 1. The molecule has 0 bridgehead atoms. The summed E-state index contributed by atoms with van der Waals surface area (Å²) in [5.74, 6) is 0.723. The number of carbonyl (C=O) groups is 1. The predicted molar refractivity (Wildman–Crippen MR) is 143 cm³/mol. The van der Waals surface area contributed by atoms with Crippen molar-refractivity contribution < 1.29 is 14.6 Å². The van der Waals surface area contributed by atoms with Gasteiger partial charge in [0.1, 0.15) is 23.9 Å². The van der Waals surface area contributed by atoms with Crippen LogP contribution in [-0.4, -0.2) is 38.9 Å². The minimum atomic E-state index is -0.893. The highest BCUT2D eigenvalue weighted by Crippen LogP contribution is 2.31. The first-order valence-electron chi connectivity index (χ1n) is 12.3. The molecule has 0 saturated carbocycles. The number of aliphatic carboxylic acids is 1. The minimum Gasteiger partial charge on any atom is -0.487 e. The van der Waals surface area contributed by atoms with Gasteiger partial charge in [-0.05, 0) is 46.8 Å². The van der Waals surface area contributed by atoms with Gasteiger partial charge in [-0.1, -0.05) is 36.4 Å². The number of ether oxygens (including phenoxy) is 1. The minimum absolute atomic E-state index is 0.0931. The SMILES string of the molecule is Nc1nccc2ccc(-c3ccc4c(c3)c(COc3ccccc3CC(=O)O)nn4CC3CNC3)cc12. The monoisotopic (exact) mass is 493 g/mol. The molecule has 1 aliphatic rings. The van der Waals surface area contributed by atoms with Gasteiger partial charge in [0.25, 0.3) is 0 Å². The van der Waals surface area contributed by atoms with E-state index in [0.29, 0.717) is 23.0 Å². The van der Waals surface area contributed by atoms with Crippen molar-refractivity contribution in [2.75, 3.05) is 18.8 Å². The second-order valence-electron chi connectivity index (χ2n) is 9.48. The van der Waals surface area contributed by atoms with Gasteiger partial charge in [-0.2, -0.15) is 5.10 Å². The molecule has 0 radical (unpaired) electrons. The number of hydrogen-bond donors (Lipinski definition) is 3. The summed E-state index contributed by atoms with van der Waals surface area (Å²) >= 11 is 0. The van der Waals surface area contributed by atoms with Crippen LogP contribution in [0, 0.1) is 5.92 Å². The average molecular weight is 494 g/mol. The molecule has 0 unspecified atom stereocenters. The summed E-state index contributed by atoms with van der Waals surface area (Å²) in [5.41, 5.74) is 10.7. The smallest absolute Gasteiger partial charge is 0.307 e. The van der Waals surface area contributed by atoms with Gasteiger partial charge in [-0.15, -0.1) is 0 Å². The maximum absolute atomic E-state index is 11.3. The van der Waals surface area contributed by atoms with Gasteiger partial charge in [0, 0.05) is 48.1 Å². The molecule has 0 amide bonds. The molecule has 5 aromatic rings. The number of anilines is 1. The number of aromatic nitrogens is 3. The second kappa shape index (κ2) is 9.55. The van der Waals surface area contributed by atoms with Crippen LogP contribution >= 0.6 is 0 Å². The number of pyridine rings is 1. The average Bonchev–Trinajstić information content (AvgIpc) is 3.22. The van der Waals surface area contributed by atoms with E-state index >= 15 is 0 Å². The van der Waals surface area contributed by atoms with E-state index in [-0.39, 0.29) is 13.0 Å². The maximum Gasteiger partial charge on any atom is 0.307 e. The fourth-order valence-electron chi connectivity index (χ4n) is 4.86. The van der Waals surface area contributed by atoms with E-state index in [2.05, 4.69) is 51.4 Å². The summed E-state index contributed by atoms with van der Waals surface area (Å²) in [5, 5.41) is 20.5. The third-order valence-corrected chi connectivity index (χ3v) is 6.93. The van der Waals surface area contributed by atoms with Crippen LogP contribution in [0.25, 0.3) is 32.8 Å². The van der Waals surface area contributed by atoms with Gasteiger partial charge < -0.3 is 20.9 Å². The Balaban J connectivity index is 1.38. The Morgan fingerprint density at radius 3 is 2.62 bits per heavy atom. The van der Waals surface area contributed by atoms with E-state index in [0.717, 1.165) is 58.1 Å². The van der Waals surface area contributed by atoms with Crippen molar-refractivity contribution in [3.8, 4) is 16.9 Å². The van der Waals surface area contributed by atoms with Crippen molar-refractivity contribution in [2.45, 2.75) is 19.6 Å². The summed E-state index contributed by atoms with van der Waals surface area (Å²) in [6, 6.07) is 21.8. The predicted octanol–water partition coefficient (Wildman–Crippen LogP) is 4.26. The lowest BCUT2D eigenvalue weighted by atomic mass is 10.00. The summed E-state index contributed by atoms with van der Waals surface area (Å²) in [7, 11) is 0. The van der Waals surface area contributed by atoms with Crippen molar-refractivity contribution in [2.24, 2.45) is 5.92 Å². The van der Waals surface area contributed by atoms with E-state index < -0.39 is 5.97 Å². The summed E-state index contributed by atoms with van der Waals surface area (Å²) in [4.78, 5) is 15.5. The standard InChI is InChI=1S/C29H27N5O3/c30-29-23-11-20(6-5-19(23)9-10-32-29)21-7-8-26-24(12-21)25(33-34(26)16-18-14-31-15-18)17-37-27-4-2-1-3-22(27)13-28(35)36/h1-12,18,31H,13-17H2,(H2,30,32)(H,35,36). The Kier molecular flexibility index (Phi) is 5.94. The largest absolute Gasteiger partial charge is 0.487 e. The van der Waals surface area contributed by atoms with Gasteiger partial charge in [-0.25, -0.2) is 4.98 Å². The van der Waals surface area contributed by atoms with Crippen molar-refractivity contribution in [3.63, 3.8) is 0 Å². The van der Waals surface area contributed by atoms with E-state index in [1.807, 2.05) is 18.2 Å². The van der Waals surface area contributed by atoms with Crippen LogP contribution in [0.4, 0.5) is 5.82 Å². The maximum atomic E-state index is 11.3. The number of nitrogens with zero attached hydrogens (tertiary/aromatic N) is 3. The Hall–Kier alpha value is -4.43. The molecule has 37 heavy (non-hydrogen) atoms. The summed E-state index contributed by atoms with van der Waals surface area (Å²) in [6.45, 7) is 3.04. The number of carboxylic acid groups (broad SMARTS) is 1. The van der Waals surface area contributed by atoms with Crippen molar-refractivity contribution in [3.05, 3.63) is 84.2 Å². The topological polar surface area (TPSA) is 115 Å². The number of benzene rings is 3. The van der Waals surface area contributed by atoms with Crippen LogP contribution in [0.15, 0.2) is 72.9 Å². The number of fused-ring (bicyclic) bond motifs is 2. The Bertz CT molecular complexity index is 1620. The molecule has 3 heterocycles. The van der Waals surface area contributed by atoms with Crippen LogP contribution in [0.3, 0.4) is 0 Å². The van der Waals surface area contributed by atoms with E-state index in [1.165, 1.54) is 0 Å². The molecule has 1 fully saturated rings. The molecule has 4 N–H and O–H groups in total. The highest BCUT2D eigenvalue weighted by molar-refractivity contribution is 5.95. The molecule has 186 valence electrons. The fraction of sp³-hybridized carbons (Fsp3) is 0.207. The fourth-order valence-corrected chi connectivity index (χ4v) is 4.86. The zero-order chi connectivity index (χ0) is 25.4. The second-order valence-corrected chi connectivity index (χ2v) is 9.48. The molecule has 0 aliphatic carbocycles. The van der Waals surface area contributed by atoms with Crippen LogP contribution in [-0.2, 0) is 24.4 Å². The zero-order valence-corrected chi connectivity index (χ0v) is 20.2. The molecule has 3 aromatic carbocycles. The van der Waals surface area contributed by atoms with Crippen molar-refractivity contribution in [1.29, 1.82) is 0 Å². The van der Waals surface area contributed by atoms with E-state index in [9.17, 15) is 9.90 Å². The van der Waals surface area contributed by atoms with Crippen LogP contribution < -0.4 is 15.8 Å². The lowest BCUT2D eigenvalue weighted by Crippen LogP contribution is -2.44. The number of nitrogens with two attached hydrogens (primary N) is 1. The third-order valence-electron chi connectivity index (χ3n) is 6.93. The third kappa shape index (κ3) is 4.59. The first-order valence-corrected chi connectivity index (χ1v) is 12.3. The van der Waals surface area contributed by atoms with Gasteiger partial charge in [-0.3, -0.25) is 9.48 Å². The van der Waals surface area contributed by atoms with Crippen molar-refractivity contribution >= 4 is 33.5 Å². The van der Waals surface area contributed by atoms with Gasteiger partial charge in [0.2, 0.25) is 0 Å². The number of nitrogens with one attached hydrogen (secondary N) is 1. The van der Waals surface area contributed by atoms with Gasteiger partial charge >= 0.3 is 5.97 Å². The summed E-state index contributed by atoms with van der Waals surface area (Å²) in [6.07, 6.45) is 1.63. The normalized spacial score (nSPS) is 13.6. The zero-order valence-electron chi connectivity index (χ0n) is 20.2. The molecule has 8 heteroatoms. The molecular formula is C29H27N5O3. The van der Waals surface area contributed by atoms with E-state index in [1.54, 1.807) is 18.3 Å². The summed E-state index contributed by atoms with van der Waals surface area (Å²) < 4.78 is 8.20. The van der Waals surface area contributed by atoms with Crippen LogP contribution in [0.5, 0.6) is 5.75 Å². The Labute approximate surface area is 213 Å². The first-order chi connectivity index (χ1) is 18.0. The molecular weight excluding hydrogens is 466 g/mol. The number of hydrogen-bond acceptors (Lipinski definition) is 6. The van der Waals surface area contributed by atoms with Crippen molar-refractivity contribution in [1.82, 2.24) is 20.1 Å². The Morgan fingerprint density at radius 1 is 1.05 bits per heavy atom. The number of carboxylic acids is 1. The molecule has 0 spiro atoms.